The normalized spacial score (nSPS) is 26.2. The van der Waals surface area contributed by atoms with Crippen molar-refractivity contribution in [2.24, 2.45) is 17.6 Å². The Labute approximate surface area is 186 Å². The van der Waals surface area contributed by atoms with Gasteiger partial charge in [0.1, 0.15) is 17.9 Å². The maximum atomic E-state index is 15.3. The van der Waals surface area contributed by atoms with Gasteiger partial charge in [-0.25, -0.2) is 8.78 Å². The van der Waals surface area contributed by atoms with Gasteiger partial charge in [-0.2, -0.15) is 0 Å². The highest BCUT2D eigenvalue weighted by molar-refractivity contribution is 5.73. The zero-order chi connectivity index (χ0) is 23.5. The maximum Gasteiger partial charge on any atom is 0.305 e. The molecule has 5 atom stereocenters. The first kappa shape index (κ1) is 22.8. The molecule has 4 unspecified atom stereocenters. The largest absolute Gasteiger partial charge is 0.481 e. The molecule has 172 valence electrons. The van der Waals surface area contributed by atoms with Crippen molar-refractivity contribution in [2.45, 2.75) is 64.9 Å². The van der Waals surface area contributed by atoms with Crippen molar-refractivity contribution in [3.05, 3.63) is 58.2 Å². The van der Waals surface area contributed by atoms with Crippen LogP contribution in [0.4, 0.5) is 8.78 Å². The molecule has 4 N–H and O–H groups in total. The van der Waals surface area contributed by atoms with E-state index in [9.17, 15) is 19.4 Å². The van der Waals surface area contributed by atoms with Crippen LogP contribution in [0.5, 0.6) is 0 Å². The molecule has 0 aromatic heterocycles. The van der Waals surface area contributed by atoms with Crippen LogP contribution < -0.4 is 5.73 Å². The van der Waals surface area contributed by atoms with Crippen molar-refractivity contribution < 1.29 is 23.8 Å². The van der Waals surface area contributed by atoms with Crippen LogP contribution in [0.15, 0.2) is 24.3 Å². The Kier molecular flexibility index (Phi) is 5.86. The van der Waals surface area contributed by atoms with Crippen LogP contribution in [0.25, 0.3) is 11.1 Å². The lowest BCUT2D eigenvalue weighted by molar-refractivity contribution is -0.138. The Morgan fingerprint density at radius 3 is 2.22 bits per heavy atom. The summed E-state index contributed by atoms with van der Waals surface area (Å²) >= 11 is 0. The number of fused-ring (bicyclic) bond motifs is 1. The Hall–Kier alpha value is -2.35. The Morgan fingerprint density at radius 2 is 1.69 bits per heavy atom. The molecule has 1 aliphatic heterocycles. The number of nitrogens with zero attached hydrogens (tertiary/aromatic N) is 1. The summed E-state index contributed by atoms with van der Waals surface area (Å²) < 4.78 is 29.1. The molecule has 2 fully saturated rings. The SMILES string of the molecule is Cc1cc(-c2c(C)cc(F)cc2C)cc(C(CC(=O)O)N2C3C(C(C)C[C@H](N)O)C32)c1F. The van der Waals surface area contributed by atoms with Gasteiger partial charge in [-0.05, 0) is 91.1 Å². The van der Waals surface area contributed by atoms with Gasteiger partial charge in [-0.15, -0.1) is 0 Å². The van der Waals surface area contributed by atoms with Crippen LogP contribution >= 0.6 is 0 Å². The van der Waals surface area contributed by atoms with Gasteiger partial charge in [0.25, 0.3) is 0 Å². The summed E-state index contributed by atoms with van der Waals surface area (Å²) in [6.45, 7) is 7.33. The van der Waals surface area contributed by atoms with Gasteiger partial charge in [-0.3, -0.25) is 9.69 Å². The summed E-state index contributed by atoms with van der Waals surface area (Å²) in [5.74, 6) is -1.14. The number of likely N-dealkylation sites (tertiary alicyclic amines) is 1. The predicted octanol–water partition coefficient (Wildman–Crippen LogP) is 4.06. The highest BCUT2D eigenvalue weighted by Gasteiger charge is 2.75. The van der Waals surface area contributed by atoms with E-state index in [0.29, 0.717) is 23.5 Å². The molecule has 1 saturated carbocycles. The average Bonchev–Trinajstić information content (AvgIpc) is 3.53. The summed E-state index contributed by atoms with van der Waals surface area (Å²) in [4.78, 5) is 13.7. The summed E-state index contributed by atoms with van der Waals surface area (Å²) in [5, 5.41) is 19.0. The fourth-order valence-corrected chi connectivity index (χ4v) is 5.60. The third-order valence-electron chi connectivity index (χ3n) is 7.02. The minimum atomic E-state index is -0.986. The fraction of sp³-hybridized carbons (Fsp3) is 0.480. The molecule has 32 heavy (non-hydrogen) atoms. The van der Waals surface area contributed by atoms with Crippen molar-refractivity contribution in [1.82, 2.24) is 4.90 Å². The van der Waals surface area contributed by atoms with Crippen LogP contribution in [0.2, 0.25) is 0 Å². The lowest BCUT2D eigenvalue weighted by Gasteiger charge is -2.29. The van der Waals surface area contributed by atoms with E-state index in [1.165, 1.54) is 12.1 Å². The third kappa shape index (κ3) is 4.05. The second-order valence-electron chi connectivity index (χ2n) is 9.51. The molecule has 1 saturated heterocycles. The number of hydrogen-bond acceptors (Lipinski definition) is 4. The van der Waals surface area contributed by atoms with Crippen LogP contribution in [0, 0.1) is 44.2 Å². The molecule has 0 radical (unpaired) electrons. The van der Waals surface area contributed by atoms with E-state index in [-0.39, 0.29) is 30.2 Å². The van der Waals surface area contributed by atoms with Gasteiger partial charge < -0.3 is 15.9 Å². The molecule has 7 heteroatoms. The minimum Gasteiger partial charge on any atom is -0.481 e. The average molecular weight is 445 g/mol. The molecule has 2 aromatic carbocycles. The molecule has 5 nitrogen and oxygen atoms in total. The number of carbonyl (C=O) groups is 1. The molecule has 0 spiro atoms. The smallest absolute Gasteiger partial charge is 0.305 e. The quantitative estimate of drug-likeness (QED) is 0.422. The summed E-state index contributed by atoms with van der Waals surface area (Å²) in [7, 11) is 0. The number of carboxylic acids is 1. The molecule has 0 bridgehead atoms. The maximum absolute atomic E-state index is 15.3. The molecular formula is C25H30F2N2O3. The first-order valence-electron chi connectivity index (χ1n) is 11.0. The topological polar surface area (TPSA) is 86.6 Å². The van der Waals surface area contributed by atoms with E-state index in [0.717, 1.165) is 22.3 Å². The first-order chi connectivity index (χ1) is 15.0. The number of carboxylic acid groups (broad SMARTS) is 1. The van der Waals surface area contributed by atoms with Gasteiger partial charge >= 0.3 is 5.97 Å². The summed E-state index contributed by atoms with van der Waals surface area (Å²) in [6.07, 6.45) is -0.581. The third-order valence-corrected chi connectivity index (χ3v) is 7.02. The summed E-state index contributed by atoms with van der Waals surface area (Å²) in [6, 6.07) is 6.19. The van der Waals surface area contributed by atoms with Crippen molar-refractivity contribution in [2.75, 3.05) is 0 Å². The van der Waals surface area contributed by atoms with E-state index in [1.54, 1.807) is 19.1 Å². The number of aryl methyl sites for hydroxylation is 3. The van der Waals surface area contributed by atoms with Crippen LogP contribution in [-0.2, 0) is 4.79 Å². The number of rotatable bonds is 8. The highest BCUT2D eigenvalue weighted by Crippen LogP contribution is 2.65. The molecular weight excluding hydrogens is 414 g/mol. The van der Waals surface area contributed by atoms with Crippen molar-refractivity contribution in [3.63, 3.8) is 0 Å². The van der Waals surface area contributed by atoms with E-state index in [4.69, 9.17) is 5.73 Å². The number of halogens is 2. The molecule has 1 heterocycles. The van der Waals surface area contributed by atoms with E-state index in [1.807, 2.05) is 20.8 Å². The summed E-state index contributed by atoms with van der Waals surface area (Å²) in [5.41, 5.74) is 9.39. The lowest BCUT2D eigenvalue weighted by Crippen LogP contribution is -2.31. The van der Waals surface area contributed by atoms with E-state index >= 15 is 4.39 Å². The number of benzene rings is 2. The van der Waals surface area contributed by atoms with Gasteiger partial charge in [0.2, 0.25) is 0 Å². The zero-order valence-electron chi connectivity index (χ0n) is 18.8. The van der Waals surface area contributed by atoms with Crippen molar-refractivity contribution >= 4 is 5.97 Å². The minimum absolute atomic E-state index is 0.200. The Balaban J connectivity index is 1.67. The van der Waals surface area contributed by atoms with Gasteiger partial charge in [0, 0.05) is 23.7 Å². The van der Waals surface area contributed by atoms with Gasteiger partial charge in [0.05, 0.1) is 6.42 Å². The zero-order valence-corrected chi connectivity index (χ0v) is 18.8. The van der Waals surface area contributed by atoms with Crippen molar-refractivity contribution in [1.29, 1.82) is 0 Å². The fourth-order valence-electron chi connectivity index (χ4n) is 5.60. The van der Waals surface area contributed by atoms with Gasteiger partial charge in [0.15, 0.2) is 0 Å². The van der Waals surface area contributed by atoms with Crippen LogP contribution in [-0.4, -0.2) is 39.4 Å². The highest BCUT2D eigenvalue weighted by atomic mass is 19.1. The molecule has 2 aromatic rings. The van der Waals surface area contributed by atoms with E-state index in [2.05, 4.69) is 4.90 Å². The molecule has 2 aliphatic rings. The number of aliphatic hydroxyl groups is 1. The number of aliphatic hydroxyl groups excluding tert-OH is 1. The Bertz CT molecular complexity index is 1040. The number of hydrogen-bond donors (Lipinski definition) is 3. The lowest BCUT2D eigenvalue weighted by atomic mass is 9.89. The van der Waals surface area contributed by atoms with Gasteiger partial charge in [-0.1, -0.05) is 6.92 Å². The second kappa shape index (κ2) is 8.21. The molecule has 1 aliphatic carbocycles. The van der Waals surface area contributed by atoms with Crippen molar-refractivity contribution in [3.8, 4) is 11.1 Å². The molecule has 0 amide bonds. The molecule has 4 rings (SSSR count). The van der Waals surface area contributed by atoms with E-state index < -0.39 is 24.1 Å². The Morgan fingerprint density at radius 1 is 1.09 bits per heavy atom. The first-order valence-corrected chi connectivity index (χ1v) is 11.0. The number of aliphatic carboxylic acids is 1. The van der Waals surface area contributed by atoms with Crippen LogP contribution in [0.3, 0.4) is 0 Å². The monoisotopic (exact) mass is 444 g/mol. The second-order valence-corrected chi connectivity index (χ2v) is 9.51. The number of nitrogens with two attached hydrogens (primary N) is 1. The van der Waals surface area contributed by atoms with Crippen LogP contribution in [0.1, 0.15) is 48.1 Å². The predicted molar refractivity (Wildman–Crippen MR) is 118 cm³/mol. The standard InChI is InChI=1S/C25H30F2N2O3/c1-11-6-16(26)7-12(2)21(11)15-5-14(4)23(27)17(9-15)18(10-20(31)32)29-24-22(25(24)29)13(3)8-19(28)30/h5-7,9,13,18-19,22,24-25,30H,8,10,28H2,1-4H3,(H,31,32)/t13?,18?,19-,22?,24?,25?,29?/m1/s1.